The molecule has 0 saturated heterocycles. The van der Waals surface area contributed by atoms with E-state index in [0.29, 0.717) is 12.2 Å². The molecule has 0 fully saturated rings. The lowest BCUT2D eigenvalue weighted by Gasteiger charge is -2.08. The third kappa shape index (κ3) is 2.70. The molecule has 1 rings (SSSR count). The van der Waals surface area contributed by atoms with Crippen LogP contribution in [0, 0.1) is 16.4 Å². The van der Waals surface area contributed by atoms with Crippen molar-refractivity contribution in [2.45, 2.75) is 13.3 Å². The van der Waals surface area contributed by atoms with Gasteiger partial charge in [-0.1, -0.05) is 6.92 Å². The van der Waals surface area contributed by atoms with E-state index < -0.39 is 4.92 Å². The van der Waals surface area contributed by atoms with E-state index >= 15 is 0 Å². The van der Waals surface area contributed by atoms with Gasteiger partial charge in [-0.2, -0.15) is 0 Å². The van der Waals surface area contributed by atoms with Gasteiger partial charge in [0.1, 0.15) is 5.75 Å². The van der Waals surface area contributed by atoms with Gasteiger partial charge in [0.25, 0.3) is 12.0 Å². The van der Waals surface area contributed by atoms with Crippen LogP contribution < -0.4 is 4.74 Å². The molecule has 1 aromatic rings. The van der Waals surface area contributed by atoms with Gasteiger partial charge in [-0.15, -0.1) is 0 Å². The van der Waals surface area contributed by atoms with Crippen molar-refractivity contribution in [2.24, 2.45) is 0 Å². The zero-order chi connectivity index (χ0) is 10.6. The summed E-state index contributed by atoms with van der Waals surface area (Å²) in [6.07, 6.45) is 0.274. The van der Waals surface area contributed by atoms with Crippen molar-refractivity contribution in [3.63, 3.8) is 0 Å². The number of nitro groups is 1. The Balaban J connectivity index is 2.68. The fourth-order valence-corrected chi connectivity index (χ4v) is 0.844. The maximum atomic E-state index is 10.3. The third-order valence-electron chi connectivity index (χ3n) is 1.59. The van der Waals surface area contributed by atoms with Gasteiger partial charge in [0.2, 0.25) is 0 Å². The highest BCUT2D eigenvalue weighted by molar-refractivity contribution is 5.36. The number of hydrogen-bond donors (Lipinski definition) is 1. The summed E-state index contributed by atoms with van der Waals surface area (Å²) in [5, 5.41) is 19.4. The molecule has 0 atom stereocenters. The number of non-ortho nitro benzene ring substituents is 1. The van der Waals surface area contributed by atoms with E-state index in [0.717, 1.165) is 0 Å². The second kappa shape index (κ2) is 4.57. The molecule has 0 aliphatic carbocycles. The van der Waals surface area contributed by atoms with Crippen LogP contribution in [0.1, 0.15) is 13.3 Å². The Hall–Kier alpha value is -1.62. The van der Waals surface area contributed by atoms with E-state index in [-0.39, 0.29) is 12.0 Å². The number of aliphatic hydroxyl groups is 1. The normalized spacial score (nSPS) is 10.2. The highest BCUT2D eigenvalue weighted by atomic mass is 16.6. The van der Waals surface area contributed by atoms with Gasteiger partial charge >= 0.3 is 0 Å². The van der Waals surface area contributed by atoms with Crippen LogP contribution in [0.25, 0.3) is 0 Å². The summed E-state index contributed by atoms with van der Waals surface area (Å²) < 4.78 is 4.95. The average Bonchev–Trinajstić information content (AvgIpc) is 2.18. The number of nitrogens with zero attached hydrogens (tertiary/aromatic N) is 1. The number of aliphatic hydroxyl groups excluding tert-OH is 1. The molecule has 0 aliphatic rings. The first-order valence-corrected chi connectivity index (χ1v) is 4.10. The molecule has 1 N–H and O–H groups in total. The predicted octanol–water partition coefficient (Wildman–Crippen LogP) is 2.25. The van der Waals surface area contributed by atoms with Crippen LogP contribution in [0.5, 0.6) is 5.75 Å². The summed E-state index contributed by atoms with van der Waals surface area (Å²) in [5.74, 6) is 0.384. The molecule has 0 saturated carbocycles. The SMILES string of the molecule is CC[C](O)Oc1ccc([N+](=O)[O-])cc1. The minimum atomic E-state index is -0.493. The largest absolute Gasteiger partial charge is 0.455 e. The molecular weight excluding hydrogens is 186 g/mol. The Labute approximate surface area is 81.1 Å². The second-order valence-corrected chi connectivity index (χ2v) is 2.60. The summed E-state index contributed by atoms with van der Waals surface area (Å²) in [4.78, 5) is 9.81. The predicted molar refractivity (Wildman–Crippen MR) is 49.2 cm³/mol. The molecular formula is C9H10NO4. The first-order chi connectivity index (χ1) is 6.63. The number of ether oxygens (including phenoxy) is 1. The smallest absolute Gasteiger partial charge is 0.273 e. The molecule has 14 heavy (non-hydrogen) atoms. The number of nitro benzene ring substituents is 1. The molecule has 5 heteroatoms. The van der Waals surface area contributed by atoms with Crippen LogP contribution >= 0.6 is 0 Å². The van der Waals surface area contributed by atoms with Crippen LogP contribution in [0.15, 0.2) is 24.3 Å². The highest BCUT2D eigenvalue weighted by Gasteiger charge is 2.07. The van der Waals surface area contributed by atoms with E-state index in [4.69, 9.17) is 9.84 Å². The molecule has 0 amide bonds. The van der Waals surface area contributed by atoms with Crippen LogP contribution in [0.2, 0.25) is 0 Å². The van der Waals surface area contributed by atoms with E-state index in [1.807, 2.05) is 0 Å². The minimum absolute atomic E-state index is 0.00617. The molecule has 1 radical (unpaired) electrons. The van der Waals surface area contributed by atoms with Gasteiger partial charge in [-0.3, -0.25) is 10.1 Å². The van der Waals surface area contributed by atoms with Crippen LogP contribution in [-0.4, -0.2) is 10.0 Å². The Bertz CT molecular complexity index is 309. The maximum absolute atomic E-state index is 10.3. The van der Waals surface area contributed by atoms with E-state index in [2.05, 4.69) is 0 Å². The van der Waals surface area contributed by atoms with Gasteiger partial charge in [0.15, 0.2) is 0 Å². The fraction of sp³-hybridized carbons (Fsp3) is 0.222. The number of benzene rings is 1. The summed E-state index contributed by atoms with van der Waals surface area (Å²) >= 11 is 0. The van der Waals surface area contributed by atoms with Crippen molar-refractivity contribution < 1.29 is 14.8 Å². The Morgan fingerprint density at radius 1 is 1.50 bits per heavy atom. The summed E-state index contributed by atoms with van der Waals surface area (Å²) in [6.45, 7) is 1.74. The number of hydrogen-bond acceptors (Lipinski definition) is 4. The molecule has 0 aliphatic heterocycles. The summed E-state index contributed by atoms with van der Waals surface area (Å²) in [7, 11) is 0. The lowest BCUT2D eigenvalue weighted by atomic mass is 10.3. The fourth-order valence-electron chi connectivity index (χ4n) is 0.844. The van der Waals surface area contributed by atoms with E-state index in [9.17, 15) is 10.1 Å². The molecule has 5 nitrogen and oxygen atoms in total. The average molecular weight is 196 g/mol. The molecule has 0 bridgehead atoms. The minimum Gasteiger partial charge on any atom is -0.455 e. The first kappa shape index (κ1) is 10.5. The first-order valence-electron chi connectivity index (χ1n) is 4.10. The third-order valence-corrected chi connectivity index (χ3v) is 1.59. The summed E-state index contributed by atoms with van der Waals surface area (Å²) in [5.41, 5.74) is -0.00617. The van der Waals surface area contributed by atoms with Gasteiger partial charge in [-0.25, -0.2) is 0 Å². The topological polar surface area (TPSA) is 72.6 Å². The van der Waals surface area contributed by atoms with Gasteiger partial charge in [0, 0.05) is 18.6 Å². The van der Waals surface area contributed by atoms with Crippen LogP contribution in [0.3, 0.4) is 0 Å². The molecule has 0 unspecified atom stereocenters. The molecule has 75 valence electrons. The monoisotopic (exact) mass is 196 g/mol. The van der Waals surface area contributed by atoms with Crippen molar-refractivity contribution in [3.05, 3.63) is 40.7 Å². The Kier molecular flexibility index (Phi) is 3.41. The lowest BCUT2D eigenvalue weighted by Crippen LogP contribution is -2.03. The zero-order valence-corrected chi connectivity index (χ0v) is 7.64. The van der Waals surface area contributed by atoms with Gasteiger partial charge in [-0.05, 0) is 12.1 Å². The maximum Gasteiger partial charge on any atom is 0.273 e. The number of rotatable bonds is 4. The molecule has 0 spiro atoms. The highest BCUT2D eigenvalue weighted by Crippen LogP contribution is 2.19. The van der Waals surface area contributed by atoms with Crippen molar-refractivity contribution in [2.75, 3.05) is 0 Å². The zero-order valence-electron chi connectivity index (χ0n) is 7.64. The van der Waals surface area contributed by atoms with E-state index in [1.165, 1.54) is 24.3 Å². The van der Waals surface area contributed by atoms with Crippen molar-refractivity contribution in [1.82, 2.24) is 0 Å². The Morgan fingerprint density at radius 3 is 2.50 bits per heavy atom. The van der Waals surface area contributed by atoms with Crippen LogP contribution in [-0.2, 0) is 0 Å². The van der Waals surface area contributed by atoms with Crippen molar-refractivity contribution in [1.29, 1.82) is 0 Å². The van der Waals surface area contributed by atoms with Crippen molar-refractivity contribution >= 4 is 5.69 Å². The lowest BCUT2D eigenvalue weighted by molar-refractivity contribution is -0.384. The Morgan fingerprint density at radius 2 is 2.07 bits per heavy atom. The standard InChI is InChI=1S/C9H10NO4/c1-2-9(11)14-8-5-3-7(4-6-8)10(12)13/h3-6,11H,2H2,1H3. The van der Waals surface area contributed by atoms with E-state index in [1.54, 1.807) is 6.92 Å². The quantitative estimate of drug-likeness (QED) is 0.592. The van der Waals surface area contributed by atoms with Crippen molar-refractivity contribution in [3.8, 4) is 5.75 Å². The van der Waals surface area contributed by atoms with Gasteiger partial charge in [0.05, 0.1) is 4.92 Å². The second-order valence-electron chi connectivity index (χ2n) is 2.60. The van der Waals surface area contributed by atoms with Gasteiger partial charge < -0.3 is 9.84 Å². The summed E-state index contributed by atoms with van der Waals surface area (Å²) in [6, 6.07) is 5.50. The van der Waals surface area contributed by atoms with Crippen LogP contribution in [0.4, 0.5) is 5.69 Å². The molecule has 1 aromatic carbocycles. The molecule has 0 aromatic heterocycles. The molecule has 0 heterocycles.